The number of rotatable bonds is 4. The summed E-state index contributed by atoms with van der Waals surface area (Å²) in [5.41, 5.74) is 6.17. The zero-order chi connectivity index (χ0) is 17.7. The van der Waals surface area contributed by atoms with Crippen LogP contribution in [0.2, 0.25) is 0 Å². The van der Waals surface area contributed by atoms with Crippen LogP contribution in [-0.2, 0) is 9.53 Å². The Morgan fingerprint density at radius 1 is 1.25 bits per heavy atom. The van der Waals surface area contributed by atoms with Gasteiger partial charge >= 0.3 is 12.0 Å². The number of esters is 1. The van der Waals surface area contributed by atoms with E-state index in [4.69, 9.17) is 10.5 Å². The van der Waals surface area contributed by atoms with E-state index in [9.17, 15) is 14.4 Å². The summed E-state index contributed by atoms with van der Waals surface area (Å²) in [7, 11) is 0. The number of para-hydroxylation sites is 1. The number of ether oxygens (including phenoxy) is 1. The molecule has 0 saturated carbocycles. The van der Waals surface area contributed by atoms with E-state index in [1.54, 1.807) is 30.3 Å². The van der Waals surface area contributed by atoms with Gasteiger partial charge < -0.3 is 20.3 Å². The summed E-state index contributed by atoms with van der Waals surface area (Å²) < 4.78 is 9.61. The van der Waals surface area contributed by atoms with Gasteiger partial charge in [0.2, 0.25) is 5.88 Å². The van der Waals surface area contributed by atoms with Crippen LogP contribution >= 0.6 is 0 Å². The van der Waals surface area contributed by atoms with Crippen molar-refractivity contribution in [1.29, 1.82) is 0 Å². The minimum Gasteiger partial charge on any atom is -0.449 e. The Hall–Kier alpha value is -3.36. The molecule has 0 radical (unpaired) electrons. The number of benzene rings is 1. The number of hydrogen-bond donors (Lipinski definition) is 3. The number of nitrogens with one attached hydrogen (secondary N) is 2. The highest BCUT2D eigenvalue weighted by molar-refractivity contribution is 6.03. The quantitative estimate of drug-likeness (QED) is 0.721. The summed E-state index contributed by atoms with van der Waals surface area (Å²) in [5.74, 6) is -1.85. The molecule has 0 bridgehead atoms. The number of anilines is 2. The standard InChI is InChI=1S/C15H16N4O5/c1-8-11(12(16)24-19-8)14(21)23-9(2)13(20)18-15(22)17-10-6-4-3-5-7-10/h3-7,9H,16H2,1-2H3,(H2,17,18,20,22). The molecule has 0 aliphatic rings. The lowest BCUT2D eigenvalue weighted by atomic mass is 10.2. The molecule has 3 amide bonds. The van der Waals surface area contributed by atoms with E-state index in [2.05, 4.69) is 20.3 Å². The molecule has 2 aromatic rings. The average molecular weight is 332 g/mol. The van der Waals surface area contributed by atoms with Crippen molar-refractivity contribution in [3.8, 4) is 0 Å². The van der Waals surface area contributed by atoms with Crippen LogP contribution < -0.4 is 16.4 Å². The number of nitrogens with zero attached hydrogens (tertiary/aromatic N) is 1. The molecule has 1 aromatic heterocycles. The summed E-state index contributed by atoms with van der Waals surface area (Å²) in [5, 5.41) is 8.06. The molecule has 1 aromatic carbocycles. The number of carbonyl (C=O) groups excluding carboxylic acids is 3. The Morgan fingerprint density at radius 3 is 2.50 bits per heavy atom. The van der Waals surface area contributed by atoms with Gasteiger partial charge in [-0.25, -0.2) is 9.59 Å². The molecular formula is C15H16N4O5. The Labute approximate surface area is 137 Å². The number of amides is 3. The largest absolute Gasteiger partial charge is 0.449 e. The zero-order valence-electron chi connectivity index (χ0n) is 13.0. The molecule has 4 N–H and O–H groups in total. The summed E-state index contributed by atoms with van der Waals surface area (Å²) in [4.78, 5) is 35.6. The fraction of sp³-hybridized carbons (Fsp3) is 0.200. The van der Waals surface area contributed by atoms with E-state index in [0.717, 1.165) is 0 Å². The zero-order valence-corrected chi connectivity index (χ0v) is 13.0. The van der Waals surface area contributed by atoms with Crippen LogP contribution in [0, 0.1) is 6.92 Å². The van der Waals surface area contributed by atoms with Crippen LogP contribution in [0.25, 0.3) is 0 Å². The minimum atomic E-state index is -1.22. The third-order valence-electron chi connectivity index (χ3n) is 3.01. The Morgan fingerprint density at radius 2 is 1.92 bits per heavy atom. The van der Waals surface area contributed by atoms with Crippen molar-refractivity contribution in [2.45, 2.75) is 20.0 Å². The van der Waals surface area contributed by atoms with E-state index in [0.29, 0.717) is 5.69 Å². The van der Waals surface area contributed by atoms with E-state index >= 15 is 0 Å². The third-order valence-corrected chi connectivity index (χ3v) is 3.01. The second-order valence-electron chi connectivity index (χ2n) is 4.86. The van der Waals surface area contributed by atoms with Crippen molar-refractivity contribution < 1.29 is 23.6 Å². The Bertz CT molecular complexity index is 737. The first-order valence-electron chi connectivity index (χ1n) is 6.98. The van der Waals surface area contributed by atoms with Crippen LogP contribution in [0.4, 0.5) is 16.4 Å². The summed E-state index contributed by atoms with van der Waals surface area (Å²) in [6.45, 7) is 2.83. The van der Waals surface area contributed by atoms with Crippen molar-refractivity contribution in [2.24, 2.45) is 0 Å². The van der Waals surface area contributed by atoms with Gasteiger partial charge in [0.05, 0.1) is 5.69 Å². The molecule has 2 rings (SSSR count). The van der Waals surface area contributed by atoms with Gasteiger partial charge in [-0.15, -0.1) is 0 Å². The maximum atomic E-state index is 12.0. The van der Waals surface area contributed by atoms with Crippen molar-refractivity contribution in [1.82, 2.24) is 10.5 Å². The second-order valence-corrected chi connectivity index (χ2v) is 4.86. The van der Waals surface area contributed by atoms with Crippen molar-refractivity contribution in [3.05, 3.63) is 41.6 Å². The van der Waals surface area contributed by atoms with Crippen LogP contribution in [0.5, 0.6) is 0 Å². The van der Waals surface area contributed by atoms with Gasteiger partial charge in [0, 0.05) is 5.69 Å². The maximum Gasteiger partial charge on any atom is 0.346 e. The molecule has 1 unspecified atom stereocenters. The fourth-order valence-corrected chi connectivity index (χ4v) is 1.81. The molecule has 9 nitrogen and oxygen atoms in total. The van der Waals surface area contributed by atoms with Crippen molar-refractivity contribution in [2.75, 3.05) is 11.1 Å². The van der Waals surface area contributed by atoms with Crippen LogP contribution in [0.15, 0.2) is 34.9 Å². The third kappa shape index (κ3) is 4.09. The lowest BCUT2D eigenvalue weighted by Crippen LogP contribution is -2.41. The predicted octanol–water partition coefficient (Wildman–Crippen LogP) is 1.46. The SMILES string of the molecule is Cc1noc(N)c1C(=O)OC(C)C(=O)NC(=O)Nc1ccccc1. The highest BCUT2D eigenvalue weighted by Crippen LogP contribution is 2.17. The molecule has 0 aliphatic heterocycles. The highest BCUT2D eigenvalue weighted by Gasteiger charge is 2.25. The number of nitrogens with two attached hydrogens (primary N) is 1. The normalized spacial score (nSPS) is 11.4. The summed E-state index contributed by atoms with van der Waals surface area (Å²) in [6.07, 6.45) is -1.22. The lowest BCUT2D eigenvalue weighted by molar-refractivity contribution is -0.127. The molecule has 1 atom stereocenters. The number of carbonyl (C=O) groups is 3. The molecular weight excluding hydrogens is 316 g/mol. The van der Waals surface area contributed by atoms with Gasteiger partial charge in [0.1, 0.15) is 5.56 Å². The van der Waals surface area contributed by atoms with Crippen molar-refractivity contribution in [3.63, 3.8) is 0 Å². The van der Waals surface area contributed by atoms with E-state index < -0.39 is 24.0 Å². The molecule has 24 heavy (non-hydrogen) atoms. The molecule has 0 aliphatic carbocycles. The summed E-state index contributed by atoms with van der Waals surface area (Å²) >= 11 is 0. The molecule has 9 heteroatoms. The van der Waals surface area contributed by atoms with E-state index in [-0.39, 0.29) is 17.1 Å². The van der Waals surface area contributed by atoms with Crippen LogP contribution in [0.1, 0.15) is 23.0 Å². The molecule has 1 heterocycles. The number of imide groups is 1. The first kappa shape index (κ1) is 17.0. The first-order chi connectivity index (χ1) is 11.4. The summed E-state index contributed by atoms with van der Waals surface area (Å²) in [6, 6.07) is 7.82. The molecule has 0 fully saturated rings. The molecule has 0 spiro atoms. The number of aromatic nitrogens is 1. The molecule has 126 valence electrons. The monoisotopic (exact) mass is 332 g/mol. The van der Waals surface area contributed by atoms with E-state index in [1.807, 2.05) is 0 Å². The van der Waals surface area contributed by atoms with Gasteiger partial charge in [0.25, 0.3) is 5.91 Å². The molecule has 0 saturated heterocycles. The maximum absolute atomic E-state index is 12.0. The van der Waals surface area contributed by atoms with Gasteiger partial charge in [0.15, 0.2) is 6.10 Å². The van der Waals surface area contributed by atoms with Crippen LogP contribution in [0.3, 0.4) is 0 Å². The van der Waals surface area contributed by atoms with Gasteiger partial charge in [-0.05, 0) is 26.0 Å². The first-order valence-corrected chi connectivity index (χ1v) is 6.98. The predicted molar refractivity (Wildman–Crippen MR) is 84.1 cm³/mol. The lowest BCUT2D eigenvalue weighted by Gasteiger charge is -2.13. The average Bonchev–Trinajstić information content (AvgIpc) is 2.86. The highest BCUT2D eigenvalue weighted by atomic mass is 16.5. The van der Waals surface area contributed by atoms with Crippen LogP contribution in [-0.4, -0.2) is 29.2 Å². The van der Waals surface area contributed by atoms with Gasteiger partial charge in [-0.2, -0.15) is 0 Å². The topological polar surface area (TPSA) is 137 Å². The van der Waals surface area contributed by atoms with Gasteiger partial charge in [-0.1, -0.05) is 23.4 Å². The second kappa shape index (κ2) is 7.27. The van der Waals surface area contributed by atoms with Gasteiger partial charge in [-0.3, -0.25) is 10.1 Å². The number of nitrogen functional groups attached to an aromatic ring is 1. The fourth-order valence-electron chi connectivity index (χ4n) is 1.81. The smallest absolute Gasteiger partial charge is 0.346 e. The Balaban J connectivity index is 1.90. The number of urea groups is 1. The number of aryl methyl sites for hydroxylation is 1. The number of hydrogen-bond acceptors (Lipinski definition) is 7. The Kier molecular flexibility index (Phi) is 5.15. The minimum absolute atomic E-state index is 0.0524. The van der Waals surface area contributed by atoms with Crippen molar-refractivity contribution >= 4 is 29.5 Å². The van der Waals surface area contributed by atoms with E-state index in [1.165, 1.54) is 13.8 Å².